The summed E-state index contributed by atoms with van der Waals surface area (Å²) in [5, 5.41) is 3.14. The smallest absolute Gasteiger partial charge is 0.239 e. The van der Waals surface area contributed by atoms with Gasteiger partial charge in [0.25, 0.3) is 0 Å². The van der Waals surface area contributed by atoms with Crippen molar-refractivity contribution in [2.45, 2.75) is 26.3 Å². The van der Waals surface area contributed by atoms with Crippen LogP contribution in [-0.4, -0.2) is 62.0 Å². The Bertz CT molecular complexity index is 222. The highest BCUT2D eigenvalue weighted by atomic mass is 16.2. The molecule has 0 bridgehead atoms. The molecule has 1 saturated heterocycles. The van der Waals surface area contributed by atoms with Crippen molar-refractivity contribution in [2.24, 2.45) is 5.92 Å². The summed E-state index contributed by atoms with van der Waals surface area (Å²) in [7, 11) is 3.98. The normalized spacial score (nSPS) is 20.2. The second kappa shape index (κ2) is 6.21. The molecule has 0 radical (unpaired) electrons. The van der Waals surface area contributed by atoms with Crippen molar-refractivity contribution in [2.75, 3.05) is 40.3 Å². The average molecular weight is 227 g/mol. The number of carbonyl (C=O) groups excluding carboxylic acids is 1. The van der Waals surface area contributed by atoms with Gasteiger partial charge in [0.2, 0.25) is 5.91 Å². The first-order valence-corrected chi connectivity index (χ1v) is 6.19. The van der Waals surface area contributed by atoms with Crippen molar-refractivity contribution in [3.8, 4) is 0 Å². The van der Waals surface area contributed by atoms with Gasteiger partial charge in [-0.05, 0) is 26.4 Å². The Morgan fingerprint density at radius 2 is 1.81 bits per heavy atom. The van der Waals surface area contributed by atoms with Gasteiger partial charge in [-0.15, -0.1) is 0 Å². The van der Waals surface area contributed by atoms with Crippen LogP contribution in [-0.2, 0) is 4.79 Å². The predicted octanol–water partition coefficient (Wildman–Crippen LogP) is 0.395. The van der Waals surface area contributed by atoms with E-state index >= 15 is 0 Å². The van der Waals surface area contributed by atoms with Crippen molar-refractivity contribution in [1.82, 2.24) is 15.1 Å². The number of rotatable bonds is 4. The SMILES string of the molecule is CNC(CC(C)C)C(=O)N1CCN(C)CC1. The van der Waals surface area contributed by atoms with Crippen LogP contribution in [0.5, 0.6) is 0 Å². The van der Waals surface area contributed by atoms with Crippen LogP contribution in [0.3, 0.4) is 0 Å². The van der Waals surface area contributed by atoms with E-state index in [0.717, 1.165) is 32.6 Å². The van der Waals surface area contributed by atoms with Gasteiger partial charge in [0.05, 0.1) is 6.04 Å². The monoisotopic (exact) mass is 227 g/mol. The molecule has 1 heterocycles. The minimum Gasteiger partial charge on any atom is -0.339 e. The zero-order valence-electron chi connectivity index (χ0n) is 11.0. The van der Waals surface area contributed by atoms with Gasteiger partial charge in [0.1, 0.15) is 0 Å². The van der Waals surface area contributed by atoms with Crippen LogP contribution < -0.4 is 5.32 Å². The maximum Gasteiger partial charge on any atom is 0.239 e. The van der Waals surface area contributed by atoms with E-state index in [1.807, 2.05) is 11.9 Å². The Hall–Kier alpha value is -0.610. The zero-order chi connectivity index (χ0) is 12.1. The van der Waals surface area contributed by atoms with Gasteiger partial charge in [-0.2, -0.15) is 0 Å². The van der Waals surface area contributed by atoms with Crippen molar-refractivity contribution in [3.63, 3.8) is 0 Å². The Morgan fingerprint density at radius 1 is 1.25 bits per heavy atom. The molecule has 4 nitrogen and oxygen atoms in total. The molecule has 1 rings (SSSR count). The van der Waals surface area contributed by atoms with Crippen molar-refractivity contribution >= 4 is 5.91 Å². The third-order valence-electron chi connectivity index (χ3n) is 3.17. The van der Waals surface area contributed by atoms with Gasteiger partial charge >= 0.3 is 0 Å². The average Bonchev–Trinajstić information content (AvgIpc) is 2.25. The third-order valence-corrected chi connectivity index (χ3v) is 3.17. The maximum atomic E-state index is 12.2. The lowest BCUT2D eigenvalue weighted by Gasteiger charge is -2.34. The molecule has 0 aromatic carbocycles. The highest BCUT2D eigenvalue weighted by Crippen LogP contribution is 2.09. The molecule has 0 aromatic heterocycles. The summed E-state index contributed by atoms with van der Waals surface area (Å²) in [6.07, 6.45) is 0.918. The lowest BCUT2D eigenvalue weighted by Crippen LogP contribution is -2.53. The van der Waals surface area contributed by atoms with E-state index in [9.17, 15) is 4.79 Å². The Labute approximate surface area is 99.0 Å². The van der Waals surface area contributed by atoms with Gasteiger partial charge in [-0.1, -0.05) is 13.8 Å². The molecule has 4 heteroatoms. The van der Waals surface area contributed by atoms with E-state index in [2.05, 4.69) is 31.1 Å². The highest BCUT2D eigenvalue weighted by Gasteiger charge is 2.25. The van der Waals surface area contributed by atoms with Crippen LogP contribution in [0.1, 0.15) is 20.3 Å². The molecule has 0 spiro atoms. The summed E-state index contributed by atoms with van der Waals surface area (Å²) in [5.41, 5.74) is 0. The molecule has 1 aliphatic heterocycles. The maximum absolute atomic E-state index is 12.2. The molecule has 0 aliphatic carbocycles. The molecule has 1 atom stereocenters. The zero-order valence-corrected chi connectivity index (χ0v) is 11.0. The minimum absolute atomic E-state index is 0.0107. The van der Waals surface area contributed by atoms with Gasteiger partial charge < -0.3 is 15.1 Å². The summed E-state index contributed by atoms with van der Waals surface area (Å²) >= 11 is 0. The molecule has 1 unspecified atom stereocenters. The van der Waals surface area contributed by atoms with Crippen LogP contribution in [0, 0.1) is 5.92 Å². The van der Waals surface area contributed by atoms with E-state index in [1.165, 1.54) is 0 Å². The van der Waals surface area contributed by atoms with Crippen LogP contribution in [0.15, 0.2) is 0 Å². The van der Waals surface area contributed by atoms with E-state index in [-0.39, 0.29) is 11.9 Å². The first kappa shape index (κ1) is 13.5. The van der Waals surface area contributed by atoms with E-state index in [1.54, 1.807) is 0 Å². The molecule has 1 aliphatic rings. The molecular formula is C12H25N3O. The fraction of sp³-hybridized carbons (Fsp3) is 0.917. The number of nitrogens with zero attached hydrogens (tertiary/aromatic N) is 2. The first-order valence-electron chi connectivity index (χ1n) is 6.19. The molecule has 0 aromatic rings. The summed E-state index contributed by atoms with van der Waals surface area (Å²) < 4.78 is 0. The standard InChI is InChI=1S/C12H25N3O/c1-10(2)9-11(13-3)12(16)15-7-5-14(4)6-8-15/h10-11,13H,5-9H2,1-4H3. The Balaban J connectivity index is 2.48. The van der Waals surface area contributed by atoms with E-state index in [0.29, 0.717) is 5.92 Å². The summed E-state index contributed by atoms with van der Waals surface area (Å²) in [6, 6.07) is -0.0107. The fourth-order valence-electron chi connectivity index (χ4n) is 2.06. The summed E-state index contributed by atoms with van der Waals surface area (Å²) in [6.45, 7) is 8.02. The molecule has 16 heavy (non-hydrogen) atoms. The van der Waals surface area contributed by atoms with Crippen molar-refractivity contribution in [3.05, 3.63) is 0 Å². The number of hydrogen-bond acceptors (Lipinski definition) is 3. The molecule has 0 saturated carbocycles. The van der Waals surface area contributed by atoms with Crippen LogP contribution in [0.25, 0.3) is 0 Å². The largest absolute Gasteiger partial charge is 0.339 e. The summed E-state index contributed by atoms with van der Waals surface area (Å²) in [5.74, 6) is 0.818. The topological polar surface area (TPSA) is 35.6 Å². The Morgan fingerprint density at radius 3 is 2.25 bits per heavy atom. The number of hydrogen-bond donors (Lipinski definition) is 1. The van der Waals surface area contributed by atoms with Crippen LogP contribution >= 0.6 is 0 Å². The third kappa shape index (κ3) is 3.76. The first-order chi connectivity index (χ1) is 7.54. The van der Waals surface area contributed by atoms with Crippen molar-refractivity contribution < 1.29 is 4.79 Å². The van der Waals surface area contributed by atoms with Crippen LogP contribution in [0.4, 0.5) is 0 Å². The van der Waals surface area contributed by atoms with Gasteiger partial charge in [0.15, 0.2) is 0 Å². The molecular weight excluding hydrogens is 202 g/mol. The second-order valence-corrected chi connectivity index (χ2v) is 5.10. The molecule has 94 valence electrons. The van der Waals surface area contributed by atoms with Crippen LogP contribution in [0.2, 0.25) is 0 Å². The second-order valence-electron chi connectivity index (χ2n) is 5.10. The minimum atomic E-state index is -0.0107. The number of piperazine rings is 1. The van der Waals surface area contributed by atoms with Gasteiger partial charge in [-0.25, -0.2) is 0 Å². The highest BCUT2D eigenvalue weighted by molar-refractivity contribution is 5.82. The quantitative estimate of drug-likeness (QED) is 0.755. The van der Waals surface area contributed by atoms with E-state index < -0.39 is 0 Å². The Kier molecular flexibility index (Phi) is 5.22. The van der Waals surface area contributed by atoms with Gasteiger partial charge in [0, 0.05) is 26.2 Å². The molecule has 1 amide bonds. The summed E-state index contributed by atoms with van der Waals surface area (Å²) in [4.78, 5) is 16.5. The number of nitrogens with one attached hydrogen (secondary N) is 1. The van der Waals surface area contributed by atoms with Gasteiger partial charge in [-0.3, -0.25) is 4.79 Å². The lowest BCUT2D eigenvalue weighted by molar-refractivity contribution is -0.135. The predicted molar refractivity (Wildman–Crippen MR) is 66.4 cm³/mol. The number of carbonyl (C=O) groups is 1. The number of likely N-dealkylation sites (N-methyl/N-ethyl adjacent to an activating group) is 2. The lowest BCUT2D eigenvalue weighted by atomic mass is 10.0. The van der Waals surface area contributed by atoms with Crippen molar-refractivity contribution in [1.29, 1.82) is 0 Å². The molecule has 1 N–H and O–H groups in total. The number of amides is 1. The fourth-order valence-corrected chi connectivity index (χ4v) is 2.06. The van der Waals surface area contributed by atoms with E-state index in [4.69, 9.17) is 0 Å². The molecule has 1 fully saturated rings.